The number of para-hydroxylation sites is 1. The van der Waals surface area contributed by atoms with Crippen molar-refractivity contribution >= 4 is 46.9 Å². The van der Waals surface area contributed by atoms with E-state index in [1.54, 1.807) is 72.8 Å². The molecule has 9 heteroatoms. The van der Waals surface area contributed by atoms with Crippen molar-refractivity contribution in [3.8, 4) is 0 Å². The fourth-order valence-electron chi connectivity index (χ4n) is 3.80. The molecule has 0 bridgehead atoms. The predicted molar refractivity (Wildman–Crippen MR) is 158 cm³/mol. The number of amides is 3. The molecule has 0 heterocycles. The number of rotatable bonds is 10. The monoisotopic (exact) mass is 571 g/mol. The van der Waals surface area contributed by atoms with Gasteiger partial charge in [0.2, 0.25) is 5.91 Å². The fraction of sp³-hybridized carbons (Fsp3) is 0.0938. The molecule has 1 unspecified atom stereocenters. The number of anilines is 2. The standard InChI is InChI=1S/C32H27F2N3O3S/c1-2-29(32(40)36-27-18-9-8-17-26(27)34)41-24-15-10-14-23(20-24)35-31(39)28(19-22-13-6-7-16-25(22)33)37-30(38)21-11-4-3-5-12-21/h3-20,29H,2H2,1H3,(H,35,39)(H,36,40)(H,37,38)/b28-19-. The SMILES string of the molecule is CCC(Sc1cccc(NC(=O)/C(=C/c2ccccc2F)NC(=O)c2ccccc2)c1)C(=O)Nc1ccccc1F. The molecule has 0 saturated heterocycles. The highest BCUT2D eigenvalue weighted by atomic mass is 32.2. The van der Waals surface area contributed by atoms with E-state index in [4.69, 9.17) is 0 Å². The summed E-state index contributed by atoms with van der Waals surface area (Å²) < 4.78 is 28.4. The number of halogens is 2. The zero-order valence-corrected chi connectivity index (χ0v) is 22.9. The van der Waals surface area contributed by atoms with Crippen molar-refractivity contribution in [2.45, 2.75) is 23.5 Å². The molecule has 0 spiro atoms. The second kappa shape index (κ2) is 14.0. The number of thioether (sulfide) groups is 1. The molecule has 0 aromatic heterocycles. The molecule has 0 fully saturated rings. The topological polar surface area (TPSA) is 87.3 Å². The molecular weight excluding hydrogens is 544 g/mol. The summed E-state index contributed by atoms with van der Waals surface area (Å²) >= 11 is 1.26. The Kier molecular flexibility index (Phi) is 10.0. The maximum atomic E-state index is 14.4. The molecule has 0 aliphatic carbocycles. The van der Waals surface area contributed by atoms with Crippen molar-refractivity contribution in [1.29, 1.82) is 0 Å². The summed E-state index contributed by atoms with van der Waals surface area (Å²) in [7, 11) is 0. The fourth-order valence-corrected chi connectivity index (χ4v) is 4.81. The van der Waals surface area contributed by atoms with Crippen LogP contribution in [0.25, 0.3) is 6.08 Å². The Morgan fingerprint density at radius 2 is 1.49 bits per heavy atom. The third kappa shape index (κ3) is 8.12. The van der Waals surface area contributed by atoms with E-state index in [9.17, 15) is 23.2 Å². The van der Waals surface area contributed by atoms with Gasteiger partial charge in [-0.2, -0.15) is 0 Å². The number of benzene rings is 4. The number of hydrogen-bond acceptors (Lipinski definition) is 4. The molecule has 0 saturated carbocycles. The molecule has 0 aliphatic heterocycles. The van der Waals surface area contributed by atoms with Gasteiger partial charge in [0.15, 0.2) is 0 Å². The molecule has 41 heavy (non-hydrogen) atoms. The van der Waals surface area contributed by atoms with E-state index in [1.807, 2.05) is 6.92 Å². The van der Waals surface area contributed by atoms with Gasteiger partial charge in [0.05, 0.1) is 10.9 Å². The minimum Gasteiger partial charge on any atom is -0.323 e. The van der Waals surface area contributed by atoms with E-state index < -0.39 is 28.7 Å². The van der Waals surface area contributed by atoms with Gasteiger partial charge in [-0.15, -0.1) is 11.8 Å². The van der Waals surface area contributed by atoms with Crippen LogP contribution >= 0.6 is 11.8 Å². The van der Waals surface area contributed by atoms with Crippen LogP contribution in [-0.4, -0.2) is 23.0 Å². The third-order valence-electron chi connectivity index (χ3n) is 5.90. The minimum atomic E-state index is -0.663. The maximum absolute atomic E-state index is 14.4. The number of nitrogens with one attached hydrogen (secondary N) is 3. The number of hydrogen-bond donors (Lipinski definition) is 3. The summed E-state index contributed by atoms with van der Waals surface area (Å²) in [5.74, 6) is -2.62. The van der Waals surface area contributed by atoms with Crippen LogP contribution in [0.15, 0.2) is 114 Å². The summed E-state index contributed by atoms with van der Waals surface area (Å²) in [6, 6.07) is 27.0. The Hall–Kier alpha value is -4.76. The average Bonchev–Trinajstić information content (AvgIpc) is 2.98. The lowest BCUT2D eigenvalue weighted by atomic mass is 10.1. The molecule has 0 aliphatic rings. The van der Waals surface area contributed by atoms with Crippen LogP contribution in [0.1, 0.15) is 29.3 Å². The molecule has 0 radical (unpaired) electrons. The summed E-state index contributed by atoms with van der Waals surface area (Å²) in [5.41, 5.74) is 0.805. The van der Waals surface area contributed by atoms with E-state index in [1.165, 1.54) is 48.2 Å². The van der Waals surface area contributed by atoms with Crippen LogP contribution in [-0.2, 0) is 9.59 Å². The first-order chi connectivity index (χ1) is 19.8. The highest BCUT2D eigenvalue weighted by Gasteiger charge is 2.20. The van der Waals surface area contributed by atoms with Gasteiger partial charge in [0, 0.05) is 21.7 Å². The van der Waals surface area contributed by atoms with Crippen molar-refractivity contribution in [1.82, 2.24) is 5.32 Å². The molecule has 6 nitrogen and oxygen atoms in total. The van der Waals surface area contributed by atoms with Crippen molar-refractivity contribution in [2.75, 3.05) is 10.6 Å². The normalized spacial score (nSPS) is 11.8. The van der Waals surface area contributed by atoms with Gasteiger partial charge in [0.1, 0.15) is 17.3 Å². The van der Waals surface area contributed by atoms with E-state index in [2.05, 4.69) is 16.0 Å². The lowest BCUT2D eigenvalue weighted by Gasteiger charge is -2.16. The van der Waals surface area contributed by atoms with Crippen LogP contribution in [0, 0.1) is 11.6 Å². The molecule has 208 valence electrons. The van der Waals surface area contributed by atoms with E-state index in [0.29, 0.717) is 22.6 Å². The Labute approximate surface area is 240 Å². The first kappa shape index (κ1) is 29.2. The molecule has 4 rings (SSSR count). The smallest absolute Gasteiger partial charge is 0.272 e. The zero-order chi connectivity index (χ0) is 29.2. The van der Waals surface area contributed by atoms with Gasteiger partial charge in [0.25, 0.3) is 11.8 Å². The van der Waals surface area contributed by atoms with Gasteiger partial charge >= 0.3 is 0 Å². The van der Waals surface area contributed by atoms with Gasteiger partial charge in [-0.3, -0.25) is 14.4 Å². The van der Waals surface area contributed by atoms with Crippen molar-refractivity contribution in [3.05, 3.63) is 132 Å². The van der Waals surface area contributed by atoms with E-state index in [-0.39, 0.29) is 22.9 Å². The Morgan fingerprint density at radius 1 is 0.805 bits per heavy atom. The van der Waals surface area contributed by atoms with Crippen LogP contribution in [0.5, 0.6) is 0 Å². The zero-order valence-electron chi connectivity index (χ0n) is 22.1. The number of carbonyl (C=O) groups excluding carboxylic acids is 3. The van der Waals surface area contributed by atoms with Gasteiger partial charge < -0.3 is 16.0 Å². The van der Waals surface area contributed by atoms with Gasteiger partial charge in [-0.1, -0.05) is 61.5 Å². The first-order valence-corrected chi connectivity index (χ1v) is 13.7. The van der Waals surface area contributed by atoms with Crippen molar-refractivity contribution < 1.29 is 23.2 Å². The highest BCUT2D eigenvalue weighted by Crippen LogP contribution is 2.29. The number of carbonyl (C=O) groups is 3. The van der Waals surface area contributed by atoms with E-state index in [0.717, 1.165) is 0 Å². The molecule has 3 N–H and O–H groups in total. The van der Waals surface area contributed by atoms with Crippen LogP contribution < -0.4 is 16.0 Å². The quantitative estimate of drug-likeness (QED) is 0.143. The van der Waals surface area contributed by atoms with Crippen molar-refractivity contribution in [3.63, 3.8) is 0 Å². The summed E-state index contributed by atoms with van der Waals surface area (Å²) in [5, 5.41) is 7.42. The molecule has 4 aromatic rings. The van der Waals surface area contributed by atoms with Crippen LogP contribution in [0.3, 0.4) is 0 Å². The Morgan fingerprint density at radius 3 is 2.20 bits per heavy atom. The largest absolute Gasteiger partial charge is 0.323 e. The second-order valence-electron chi connectivity index (χ2n) is 8.87. The Balaban J connectivity index is 1.51. The minimum absolute atomic E-state index is 0.101. The third-order valence-corrected chi connectivity index (χ3v) is 7.26. The van der Waals surface area contributed by atoms with Gasteiger partial charge in [-0.05, 0) is 61.0 Å². The molecule has 4 aromatic carbocycles. The second-order valence-corrected chi connectivity index (χ2v) is 10.1. The lowest BCUT2D eigenvalue weighted by molar-refractivity contribution is -0.116. The molecular formula is C32H27F2N3O3S. The summed E-state index contributed by atoms with van der Waals surface area (Å²) in [6.07, 6.45) is 1.74. The van der Waals surface area contributed by atoms with Crippen LogP contribution in [0.2, 0.25) is 0 Å². The van der Waals surface area contributed by atoms with E-state index >= 15 is 0 Å². The molecule has 3 amide bonds. The van der Waals surface area contributed by atoms with Gasteiger partial charge in [-0.25, -0.2) is 8.78 Å². The van der Waals surface area contributed by atoms with Crippen LogP contribution in [0.4, 0.5) is 20.2 Å². The van der Waals surface area contributed by atoms with Crippen molar-refractivity contribution in [2.24, 2.45) is 0 Å². The highest BCUT2D eigenvalue weighted by molar-refractivity contribution is 8.00. The predicted octanol–water partition coefficient (Wildman–Crippen LogP) is 6.88. The maximum Gasteiger partial charge on any atom is 0.272 e. The molecule has 1 atom stereocenters. The lowest BCUT2D eigenvalue weighted by Crippen LogP contribution is -2.30. The summed E-state index contributed by atoms with van der Waals surface area (Å²) in [4.78, 5) is 39.6. The Bertz CT molecular complexity index is 1580. The first-order valence-electron chi connectivity index (χ1n) is 12.8. The average molecular weight is 572 g/mol. The summed E-state index contributed by atoms with van der Waals surface area (Å²) in [6.45, 7) is 1.85.